The van der Waals surface area contributed by atoms with Crippen molar-refractivity contribution in [3.63, 3.8) is 0 Å². The Morgan fingerprint density at radius 2 is 1.82 bits per heavy atom. The van der Waals surface area contributed by atoms with Crippen LogP contribution in [0.25, 0.3) is 11.2 Å². The molecule has 182 valence electrons. The van der Waals surface area contributed by atoms with Crippen LogP contribution in [0.15, 0.2) is 36.7 Å². The van der Waals surface area contributed by atoms with Gasteiger partial charge < -0.3 is 24.3 Å². The Bertz CT molecular complexity index is 1060. The number of nitrogens with zero attached hydrogens (tertiary/aromatic N) is 6. The smallest absolute Gasteiger partial charge is 0.229 e. The Labute approximate surface area is 201 Å². The predicted octanol–water partition coefficient (Wildman–Crippen LogP) is 3.20. The molecule has 2 fully saturated rings. The molecular formula is C25H35N7O2. The molecule has 2 aliphatic rings. The third kappa shape index (κ3) is 5.10. The van der Waals surface area contributed by atoms with Crippen molar-refractivity contribution < 1.29 is 9.47 Å². The van der Waals surface area contributed by atoms with Crippen LogP contribution in [0.4, 0.5) is 11.8 Å². The van der Waals surface area contributed by atoms with Crippen LogP contribution in [0.1, 0.15) is 32.7 Å². The van der Waals surface area contributed by atoms with Gasteiger partial charge in [-0.3, -0.25) is 4.90 Å². The van der Waals surface area contributed by atoms with E-state index in [0.717, 1.165) is 80.9 Å². The van der Waals surface area contributed by atoms with E-state index in [1.165, 1.54) is 0 Å². The molecule has 9 heteroatoms. The zero-order valence-electron chi connectivity index (χ0n) is 20.2. The molecule has 0 aliphatic carbocycles. The number of aromatic nitrogens is 4. The van der Waals surface area contributed by atoms with Gasteiger partial charge in [0.2, 0.25) is 5.95 Å². The van der Waals surface area contributed by atoms with E-state index in [2.05, 4.69) is 38.5 Å². The van der Waals surface area contributed by atoms with E-state index < -0.39 is 0 Å². The molecular weight excluding hydrogens is 430 g/mol. The van der Waals surface area contributed by atoms with Gasteiger partial charge in [-0.05, 0) is 38.8 Å². The van der Waals surface area contributed by atoms with Gasteiger partial charge in [0.05, 0.1) is 26.1 Å². The van der Waals surface area contributed by atoms with E-state index in [9.17, 15) is 0 Å². The number of nitrogens with one attached hydrogen (secondary N) is 1. The predicted molar refractivity (Wildman–Crippen MR) is 134 cm³/mol. The van der Waals surface area contributed by atoms with E-state index >= 15 is 0 Å². The number of benzene rings is 1. The molecule has 4 heterocycles. The second-order valence-electron chi connectivity index (χ2n) is 9.24. The summed E-state index contributed by atoms with van der Waals surface area (Å²) in [6.45, 7) is 11.2. The standard InChI is InChI=1S/C25H35N7O2/c1-19(2)32-18-27-22-23(26-10-15-34-21-6-4-3-5-7-21)28-25(29-24(22)32)31-11-8-20(9-12-31)30-13-16-33-17-14-30/h3-7,18-20H,8-17H2,1-2H3,(H,26,28,29). The lowest BCUT2D eigenvalue weighted by molar-refractivity contribution is 0.0114. The van der Waals surface area contributed by atoms with Gasteiger partial charge in [0.15, 0.2) is 17.0 Å². The lowest BCUT2D eigenvalue weighted by Crippen LogP contribution is -2.49. The van der Waals surface area contributed by atoms with Crippen LogP contribution >= 0.6 is 0 Å². The average Bonchev–Trinajstić information content (AvgIpc) is 3.32. The van der Waals surface area contributed by atoms with Crippen molar-refractivity contribution >= 4 is 22.9 Å². The van der Waals surface area contributed by atoms with Gasteiger partial charge >= 0.3 is 0 Å². The summed E-state index contributed by atoms with van der Waals surface area (Å²) in [5, 5.41) is 3.45. The fraction of sp³-hybridized carbons (Fsp3) is 0.560. The van der Waals surface area contributed by atoms with Crippen molar-refractivity contribution in [1.29, 1.82) is 0 Å². The molecule has 9 nitrogen and oxygen atoms in total. The Morgan fingerprint density at radius 3 is 2.56 bits per heavy atom. The van der Waals surface area contributed by atoms with Gasteiger partial charge in [-0.2, -0.15) is 9.97 Å². The fourth-order valence-corrected chi connectivity index (χ4v) is 4.78. The van der Waals surface area contributed by atoms with Crippen LogP contribution < -0.4 is 15.0 Å². The van der Waals surface area contributed by atoms with Gasteiger partial charge in [-0.25, -0.2) is 4.98 Å². The molecule has 3 aromatic rings. The maximum Gasteiger partial charge on any atom is 0.229 e. The van der Waals surface area contributed by atoms with E-state index in [4.69, 9.17) is 19.4 Å². The molecule has 0 amide bonds. The summed E-state index contributed by atoms with van der Waals surface area (Å²) in [6, 6.07) is 10.8. The molecule has 1 aromatic carbocycles. The van der Waals surface area contributed by atoms with Crippen LogP contribution in [0.5, 0.6) is 5.75 Å². The first-order chi connectivity index (χ1) is 16.7. The third-order valence-corrected chi connectivity index (χ3v) is 6.68. The lowest BCUT2D eigenvalue weighted by atomic mass is 10.0. The quantitative estimate of drug-likeness (QED) is 0.508. The number of fused-ring (bicyclic) bond motifs is 1. The van der Waals surface area contributed by atoms with Gasteiger partial charge in [-0.15, -0.1) is 0 Å². The number of hydrogen-bond acceptors (Lipinski definition) is 8. The second kappa shape index (κ2) is 10.6. The molecule has 2 saturated heterocycles. The van der Waals surface area contributed by atoms with E-state index in [-0.39, 0.29) is 6.04 Å². The molecule has 1 N–H and O–H groups in total. The minimum Gasteiger partial charge on any atom is -0.492 e. The number of piperidine rings is 1. The van der Waals surface area contributed by atoms with Crippen molar-refractivity contribution in [2.45, 2.75) is 38.8 Å². The van der Waals surface area contributed by atoms with Gasteiger partial charge in [0.25, 0.3) is 0 Å². The number of rotatable bonds is 8. The average molecular weight is 466 g/mol. The molecule has 0 unspecified atom stereocenters. The maximum absolute atomic E-state index is 5.84. The highest BCUT2D eigenvalue weighted by atomic mass is 16.5. The second-order valence-corrected chi connectivity index (χ2v) is 9.24. The van der Waals surface area contributed by atoms with Crippen molar-refractivity contribution in [2.24, 2.45) is 0 Å². The van der Waals surface area contributed by atoms with Gasteiger partial charge in [0.1, 0.15) is 12.4 Å². The minimum atomic E-state index is 0.272. The lowest BCUT2D eigenvalue weighted by Gasteiger charge is -2.40. The monoisotopic (exact) mass is 465 g/mol. The Hall–Kier alpha value is -2.91. The molecule has 0 radical (unpaired) electrons. The first-order valence-electron chi connectivity index (χ1n) is 12.4. The highest BCUT2D eigenvalue weighted by Gasteiger charge is 2.28. The van der Waals surface area contributed by atoms with Crippen molar-refractivity contribution in [2.75, 3.05) is 62.8 Å². The normalized spacial score (nSPS) is 18.0. The summed E-state index contributed by atoms with van der Waals surface area (Å²) in [7, 11) is 0. The van der Waals surface area contributed by atoms with Crippen LogP contribution in [-0.4, -0.2) is 83.0 Å². The summed E-state index contributed by atoms with van der Waals surface area (Å²) in [6.07, 6.45) is 4.11. The molecule has 0 atom stereocenters. The zero-order valence-corrected chi connectivity index (χ0v) is 20.2. The topological polar surface area (TPSA) is 80.6 Å². The van der Waals surface area contributed by atoms with Crippen molar-refractivity contribution in [1.82, 2.24) is 24.4 Å². The Balaban J connectivity index is 1.30. The van der Waals surface area contributed by atoms with Crippen LogP contribution in [0.2, 0.25) is 0 Å². The number of hydrogen-bond donors (Lipinski definition) is 1. The summed E-state index contributed by atoms with van der Waals surface area (Å²) < 4.78 is 13.5. The summed E-state index contributed by atoms with van der Waals surface area (Å²) in [4.78, 5) is 19.4. The van der Waals surface area contributed by atoms with Gasteiger partial charge in [-0.1, -0.05) is 18.2 Å². The first kappa shape index (κ1) is 22.9. The van der Waals surface area contributed by atoms with Crippen molar-refractivity contribution in [3.05, 3.63) is 36.7 Å². The zero-order chi connectivity index (χ0) is 23.3. The minimum absolute atomic E-state index is 0.272. The molecule has 0 saturated carbocycles. The molecule has 2 aliphatic heterocycles. The molecule has 2 aromatic heterocycles. The Morgan fingerprint density at radius 1 is 1.06 bits per heavy atom. The first-order valence-corrected chi connectivity index (χ1v) is 12.4. The third-order valence-electron chi connectivity index (χ3n) is 6.68. The van der Waals surface area contributed by atoms with Crippen LogP contribution in [0, 0.1) is 0 Å². The summed E-state index contributed by atoms with van der Waals surface area (Å²) in [5.41, 5.74) is 1.68. The largest absolute Gasteiger partial charge is 0.492 e. The number of para-hydroxylation sites is 1. The SMILES string of the molecule is CC(C)n1cnc2c(NCCOc3ccccc3)nc(N3CCC(N4CCOCC4)CC3)nc21. The number of ether oxygens (including phenoxy) is 2. The molecule has 0 bridgehead atoms. The number of imidazole rings is 1. The number of morpholine rings is 1. The maximum atomic E-state index is 5.84. The molecule has 34 heavy (non-hydrogen) atoms. The van der Waals surface area contributed by atoms with Crippen LogP contribution in [0.3, 0.4) is 0 Å². The Kier molecular flexibility index (Phi) is 7.10. The summed E-state index contributed by atoms with van der Waals surface area (Å²) >= 11 is 0. The van der Waals surface area contributed by atoms with Gasteiger partial charge in [0, 0.05) is 38.3 Å². The fourth-order valence-electron chi connectivity index (χ4n) is 4.78. The van der Waals surface area contributed by atoms with E-state index in [1.807, 2.05) is 36.7 Å². The molecule has 0 spiro atoms. The highest BCUT2D eigenvalue weighted by molar-refractivity contribution is 5.84. The van der Waals surface area contributed by atoms with E-state index in [1.54, 1.807) is 0 Å². The van der Waals surface area contributed by atoms with Crippen LogP contribution in [-0.2, 0) is 4.74 Å². The van der Waals surface area contributed by atoms with E-state index in [0.29, 0.717) is 19.2 Å². The number of anilines is 2. The molecule has 5 rings (SSSR count). The summed E-state index contributed by atoms with van der Waals surface area (Å²) in [5.74, 6) is 2.42. The highest BCUT2D eigenvalue weighted by Crippen LogP contribution is 2.27. The van der Waals surface area contributed by atoms with Crippen molar-refractivity contribution in [3.8, 4) is 5.75 Å².